The molecule has 4 rings (SSSR count). The van der Waals surface area contributed by atoms with E-state index in [4.69, 9.17) is 32.7 Å². The quantitative estimate of drug-likeness (QED) is 0.179. The van der Waals surface area contributed by atoms with Crippen molar-refractivity contribution in [3.8, 4) is 11.5 Å². The molecule has 37 heavy (non-hydrogen) atoms. The van der Waals surface area contributed by atoms with Gasteiger partial charge >= 0.3 is 0 Å². The van der Waals surface area contributed by atoms with Gasteiger partial charge in [-0.3, -0.25) is 9.69 Å². The highest BCUT2D eigenvalue weighted by Crippen LogP contribution is 2.38. The SMILES string of the molecule is CCOc1cc(/C=C2/SC(=Nc3ccc(F)cc3)N(CC)C2=O)cc(I)c1OCc1ccc(Cl)cc1Cl. The van der Waals surface area contributed by atoms with Crippen LogP contribution < -0.4 is 9.47 Å². The molecule has 0 atom stereocenters. The van der Waals surface area contributed by atoms with Gasteiger partial charge in [0.15, 0.2) is 16.7 Å². The van der Waals surface area contributed by atoms with Gasteiger partial charge in [0.05, 0.1) is 20.8 Å². The third kappa shape index (κ3) is 6.79. The van der Waals surface area contributed by atoms with Crippen molar-refractivity contribution >= 4 is 80.4 Å². The van der Waals surface area contributed by atoms with Crippen LogP contribution >= 0.6 is 57.6 Å². The van der Waals surface area contributed by atoms with Crippen molar-refractivity contribution in [2.45, 2.75) is 20.5 Å². The van der Waals surface area contributed by atoms with E-state index in [1.165, 1.54) is 23.9 Å². The van der Waals surface area contributed by atoms with Gasteiger partial charge in [-0.05, 0) is 108 Å². The van der Waals surface area contributed by atoms with Gasteiger partial charge in [0, 0.05) is 22.2 Å². The Bertz CT molecular complexity index is 1380. The Morgan fingerprint density at radius 1 is 1.08 bits per heavy atom. The van der Waals surface area contributed by atoms with Gasteiger partial charge in [-0.25, -0.2) is 9.38 Å². The van der Waals surface area contributed by atoms with Crippen LogP contribution in [0.4, 0.5) is 10.1 Å². The topological polar surface area (TPSA) is 51.1 Å². The Morgan fingerprint density at radius 3 is 2.51 bits per heavy atom. The molecular weight excluding hydrogens is 649 g/mol. The molecular formula is C27H22Cl2FIN2O3S. The van der Waals surface area contributed by atoms with Gasteiger partial charge in [-0.15, -0.1) is 0 Å². The third-order valence-corrected chi connectivity index (χ3v) is 7.67. The molecule has 1 aliphatic rings. The van der Waals surface area contributed by atoms with E-state index in [1.807, 2.05) is 38.1 Å². The number of amidine groups is 1. The fourth-order valence-electron chi connectivity index (χ4n) is 3.51. The Morgan fingerprint density at radius 2 is 1.84 bits per heavy atom. The molecule has 0 N–H and O–H groups in total. The fraction of sp³-hybridized carbons (Fsp3) is 0.185. The minimum absolute atomic E-state index is 0.140. The van der Waals surface area contributed by atoms with E-state index in [0.29, 0.717) is 50.5 Å². The van der Waals surface area contributed by atoms with Crippen molar-refractivity contribution in [3.63, 3.8) is 0 Å². The van der Waals surface area contributed by atoms with Crippen molar-refractivity contribution in [1.29, 1.82) is 0 Å². The largest absolute Gasteiger partial charge is 0.490 e. The van der Waals surface area contributed by atoms with E-state index >= 15 is 0 Å². The zero-order valence-electron chi connectivity index (χ0n) is 19.9. The van der Waals surface area contributed by atoms with Gasteiger partial charge in [0.2, 0.25) is 0 Å². The number of halogens is 4. The second-order valence-electron chi connectivity index (χ2n) is 7.82. The van der Waals surface area contributed by atoms with Crippen molar-refractivity contribution in [2.24, 2.45) is 4.99 Å². The Kier molecular flexibility index (Phi) is 9.39. The molecule has 1 aliphatic heterocycles. The summed E-state index contributed by atoms with van der Waals surface area (Å²) in [5.41, 5.74) is 2.17. The first-order valence-electron chi connectivity index (χ1n) is 11.4. The van der Waals surface area contributed by atoms with Gasteiger partial charge in [0.25, 0.3) is 5.91 Å². The second kappa shape index (κ2) is 12.5. The van der Waals surface area contributed by atoms with Crippen LogP contribution in [0.3, 0.4) is 0 Å². The molecule has 0 radical (unpaired) electrons. The lowest BCUT2D eigenvalue weighted by Crippen LogP contribution is -2.28. The molecule has 0 bridgehead atoms. The minimum atomic E-state index is -0.338. The van der Waals surface area contributed by atoms with Crippen molar-refractivity contribution in [2.75, 3.05) is 13.2 Å². The number of hydrogen-bond acceptors (Lipinski definition) is 5. The maximum absolute atomic E-state index is 13.3. The molecule has 3 aromatic carbocycles. The number of likely N-dealkylation sites (N-methyl/N-ethyl adjacent to an activating group) is 1. The first-order chi connectivity index (χ1) is 17.8. The summed E-state index contributed by atoms with van der Waals surface area (Å²) in [6.07, 6.45) is 1.81. The minimum Gasteiger partial charge on any atom is -0.490 e. The number of thioether (sulfide) groups is 1. The van der Waals surface area contributed by atoms with Crippen molar-refractivity contribution in [3.05, 3.63) is 90.1 Å². The van der Waals surface area contributed by atoms with Gasteiger partial charge in [-0.2, -0.15) is 0 Å². The first kappa shape index (κ1) is 27.8. The summed E-state index contributed by atoms with van der Waals surface area (Å²) in [7, 11) is 0. The Labute approximate surface area is 242 Å². The number of rotatable bonds is 8. The van der Waals surface area contributed by atoms with Crippen molar-refractivity contribution in [1.82, 2.24) is 4.90 Å². The van der Waals surface area contributed by atoms with Crippen LogP contribution in [-0.2, 0) is 11.4 Å². The standard InChI is InChI=1S/C27H22Cl2FIN2O3S/c1-3-33-26(34)24(37-27(33)32-20-9-7-19(30)8-10-20)13-16-11-22(31)25(23(12-16)35-4-2)36-15-17-5-6-18(28)14-21(17)29/h5-14H,3-4,15H2,1-2H3/b24-13+,32-27?. The monoisotopic (exact) mass is 670 g/mol. The van der Waals surface area contributed by atoms with E-state index in [-0.39, 0.29) is 18.3 Å². The number of benzene rings is 3. The number of carbonyl (C=O) groups excluding carboxylic acids is 1. The van der Waals surface area contributed by atoms with Crippen LogP contribution in [0.2, 0.25) is 10.0 Å². The predicted octanol–water partition coefficient (Wildman–Crippen LogP) is 8.34. The van der Waals surface area contributed by atoms with Crippen LogP contribution in [0, 0.1) is 9.39 Å². The lowest BCUT2D eigenvalue weighted by atomic mass is 10.1. The number of aliphatic imine (C=N–C) groups is 1. The van der Waals surface area contributed by atoms with Crippen LogP contribution in [0.5, 0.6) is 11.5 Å². The summed E-state index contributed by atoms with van der Waals surface area (Å²) in [5, 5.41) is 1.63. The van der Waals surface area contributed by atoms with Crippen molar-refractivity contribution < 1.29 is 18.7 Å². The zero-order chi connectivity index (χ0) is 26.5. The number of hydrogen-bond donors (Lipinski definition) is 0. The van der Waals surface area contributed by atoms with E-state index in [0.717, 1.165) is 14.7 Å². The highest BCUT2D eigenvalue weighted by atomic mass is 127. The fourth-order valence-corrected chi connectivity index (χ4v) is 5.82. The van der Waals surface area contributed by atoms with E-state index in [9.17, 15) is 9.18 Å². The molecule has 1 amide bonds. The van der Waals surface area contributed by atoms with Crippen LogP contribution in [0.15, 0.2) is 64.5 Å². The average Bonchev–Trinajstić information content (AvgIpc) is 3.14. The molecule has 0 saturated carbocycles. The van der Waals surface area contributed by atoms with Crippen LogP contribution in [-0.4, -0.2) is 29.1 Å². The third-order valence-electron chi connectivity index (χ3n) is 5.27. The van der Waals surface area contributed by atoms with Gasteiger partial charge in [-0.1, -0.05) is 29.3 Å². The number of nitrogens with zero attached hydrogens (tertiary/aromatic N) is 2. The number of ether oxygens (including phenoxy) is 2. The summed E-state index contributed by atoms with van der Waals surface area (Å²) in [5.74, 6) is 0.679. The molecule has 0 aliphatic carbocycles. The maximum atomic E-state index is 13.3. The smallest absolute Gasteiger partial charge is 0.266 e. The molecule has 3 aromatic rings. The van der Waals surface area contributed by atoms with E-state index in [1.54, 1.807) is 29.2 Å². The predicted molar refractivity (Wildman–Crippen MR) is 158 cm³/mol. The molecule has 0 spiro atoms. The molecule has 1 heterocycles. The van der Waals surface area contributed by atoms with E-state index < -0.39 is 0 Å². The maximum Gasteiger partial charge on any atom is 0.266 e. The molecule has 0 aromatic heterocycles. The highest BCUT2D eigenvalue weighted by molar-refractivity contribution is 14.1. The van der Waals surface area contributed by atoms with E-state index in [2.05, 4.69) is 27.6 Å². The zero-order valence-corrected chi connectivity index (χ0v) is 24.4. The molecule has 1 saturated heterocycles. The molecule has 1 fully saturated rings. The molecule has 10 heteroatoms. The van der Waals surface area contributed by atoms with Crippen LogP contribution in [0.25, 0.3) is 6.08 Å². The Balaban J connectivity index is 1.61. The summed E-state index contributed by atoms with van der Waals surface area (Å²) in [6, 6.07) is 14.9. The summed E-state index contributed by atoms with van der Waals surface area (Å²) in [6.45, 7) is 4.93. The lowest BCUT2D eigenvalue weighted by Gasteiger charge is -2.15. The summed E-state index contributed by atoms with van der Waals surface area (Å²) < 4.78 is 26.1. The summed E-state index contributed by atoms with van der Waals surface area (Å²) >= 11 is 15.8. The average molecular weight is 671 g/mol. The second-order valence-corrected chi connectivity index (χ2v) is 10.8. The van der Waals surface area contributed by atoms with Crippen LogP contribution in [0.1, 0.15) is 25.0 Å². The lowest BCUT2D eigenvalue weighted by molar-refractivity contribution is -0.122. The highest BCUT2D eigenvalue weighted by Gasteiger charge is 2.32. The first-order valence-corrected chi connectivity index (χ1v) is 14.0. The van der Waals surface area contributed by atoms with Gasteiger partial charge in [0.1, 0.15) is 12.4 Å². The molecule has 5 nitrogen and oxygen atoms in total. The normalized spacial score (nSPS) is 15.6. The summed E-state index contributed by atoms with van der Waals surface area (Å²) in [4.78, 5) is 19.8. The number of amides is 1. The van der Waals surface area contributed by atoms with Gasteiger partial charge < -0.3 is 9.47 Å². The number of carbonyl (C=O) groups is 1. The molecule has 192 valence electrons. The molecule has 0 unspecified atom stereocenters. The Hall–Kier alpha value is -2.27.